The van der Waals surface area contributed by atoms with Crippen LogP contribution in [0.4, 0.5) is 0 Å². The van der Waals surface area contributed by atoms with E-state index in [-0.39, 0.29) is 0 Å². The van der Waals surface area contributed by atoms with Crippen LogP contribution in [-0.4, -0.2) is 9.13 Å². The van der Waals surface area contributed by atoms with Gasteiger partial charge in [0.25, 0.3) is 0 Å². The van der Waals surface area contributed by atoms with Gasteiger partial charge in [-0.3, -0.25) is 0 Å². The molecule has 0 atom stereocenters. The topological polar surface area (TPSA) is 9.86 Å². The Kier molecular flexibility index (Phi) is 6.13. The summed E-state index contributed by atoms with van der Waals surface area (Å²) in [4.78, 5) is 0. The van der Waals surface area contributed by atoms with Crippen molar-refractivity contribution >= 4 is 49.3 Å². The first-order chi connectivity index (χ1) is 21.8. The summed E-state index contributed by atoms with van der Waals surface area (Å²) in [7, 11) is 0. The summed E-state index contributed by atoms with van der Waals surface area (Å²) in [6, 6.07) is 50.1. The number of benzene rings is 6. The van der Waals surface area contributed by atoms with Gasteiger partial charge in [-0.1, -0.05) is 122 Å². The van der Waals surface area contributed by atoms with Crippen LogP contribution < -0.4 is 0 Å². The average Bonchev–Trinajstić information content (AvgIpc) is 3.60. The van der Waals surface area contributed by atoms with Crippen molar-refractivity contribution in [3.05, 3.63) is 171 Å². The van der Waals surface area contributed by atoms with E-state index in [4.69, 9.17) is 0 Å². The summed E-state index contributed by atoms with van der Waals surface area (Å²) in [5.41, 5.74) is 11.5. The lowest BCUT2D eigenvalue weighted by atomic mass is 10.0. The molecule has 0 radical (unpaired) electrons. The lowest BCUT2D eigenvalue weighted by Crippen LogP contribution is -1.99. The van der Waals surface area contributed by atoms with Crippen LogP contribution in [0.5, 0.6) is 0 Å². The fourth-order valence-electron chi connectivity index (χ4n) is 6.69. The lowest BCUT2D eigenvalue weighted by molar-refractivity contribution is 1.17. The average molecular weight is 563 g/mol. The van der Waals surface area contributed by atoms with Crippen LogP contribution in [0, 0.1) is 0 Å². The van der Waals surface area contributed by atoms with Crippen molar-refractivity contribution < 1.29 is 0 Å². The highest BCUT2D eigenvalue weighted by Gasteiger charge is 2.22. The van der Waals surface area contributed by atoms with E-state index in [0.29, 0.717) is 0 Å². The monoisotopic (exact) mass is 562 g/mol. The maximum Gasteiger partial charge on any atom is 0.0788 e. The van der Waals surface area contributed by atoms with Crippen LogP contribution in [0.25, 0.3) is 77.2 Å². The standard InChI is InChI=1S/C42H30N2/c1-3-14-33(4-2)43-39-25-21-31(29-15-8-5-9-16-29)27-37(39)35-23-24-36-38-28-32(30-17-10-6-11-18-30)22-26-40(38)44(42(36)41(35)43)34-19-12-7-13-20-34/h3-28H,1-2H2/b33-14+. The van der Waals surface area contributed by atoms with E-state index in [9.17, 15) is 0 Å². The SMILES string of the molecule is C=C/C=C(\C=C)n1c2ccc(-c3ccccc3)cc2c2ccc3c4cc(-c5ccccc5)ccc4n(-c4ccccc4)c3c21. The van der Waals surface area contributed by atoms with Crippen LogP contribution in [0.15, 0.2) is 171 Å². The van der Waals surface area contributed by atoms with Gasteiger partial charge in [-0.2, -0.15) is 0 Å². The van der Waals surface area contributed by atoms with E-state index in [1.807, 2.05) is 18.2 Å². The highest BCUT2D eigenvalue weighted by molar-refractivity contribution is 6.25. The van der Waals surface area contributed by atoms with Crippen molar-refractivity contribution in [1.82, 2.24) is 9.13 Å². The molecule has 2 aromatic heterocycles. The minimum atomic E-state index is 0.981. The fourth-order valence-corrected chi connectivity index (χ4v) is 6.69. The third kappa shape index (κ3) is 3.96. The number of aromatic nitrogens is 2. The number of rotatable bonds is 6. The Morgan fingerprint density at radius 1 is 0.477 bits per heavy atom. The van der Waals surface area contributed by atoms with Gasteiger partial charge in [0.05, 0.1) is 22.1 Å². The number of hydrogen-bond donors (Lipinski definition) is 0. The van der Waals surface area contributed by atoms with Gasteiger partial charge in [0, 0.05) is 32.9 Å². The van der Waals surface area contributed by atoms with Crippen molar-refractivity contribution in [2.45, 2.75) is 0 Å². The molecular formula is C42H30N2. The Bertz CT molecular complexity index is 2390. The van der Waals surface area contributed by atoms with Gasteiger partial charge in [-0.05, 0) is 70.8 Å². The third-order valence-corrected chi connectivity index (χ3v) is 8.64. The van der Waals surface area contributed by atoms with Gasteiger partial charge in [-0.25, -0.2) is 0 Å². The molecule has 0 aliphatic rings. The predicted octanol–water partition coefficient (Wildman–Crippen LogP) is 11.4. The summed E-state index contributed by atoms with van der Waals surface area (Å²) in [6.07, 6.45) is 5.80. The molecule has 0 saturated heterocycles. The van der Waals surface area contributed by atoms with Crippen LogP contribution in [0.2, 0.25) is 0 Å². The van der Waals surface area contributed by atoms with Crippen molar-refractivity contribution in [3.8, 4) is 27.9 Å². The molecule has 0 N–H and O–H groups in total. The Morgan fingerprint density at radius 2 is 1.00 bits per heavy atom. The second-order valence-corrected chi connectivity index (χ2v) is 11.1. The minimum absolute atomic E-state index is 0.981. The summed E-state index contributed by atoms with van der Waals surface area (Å²) < 4.78 is 4.77. The van der Waals surface area contributed by atoms with E-state index in [1.165, 1.54) is 54.8 Å². The summed E-state index contributed by atoms with van der Waals surface area (Å²) in [6.45, 7) is 8.25. The molecule has 6 aromatic carbocycles. The van der Waals surface area contributed by atoms with Crippen molar-refractivity contribution in [3.63, 3.8) is 0 Å². The molecule has 0 aliphatic carbocycles. The Hall–Kier alpha value is -5.86. The van der Waals surface area contributed by atoms with E-state index in [1.54, 1.807) is 0 Å². The zero-order valence-corrected chi connectivity index (χ0v) is 24.3. The molecule has 2 nitrogen and oxygen atoms in total. The maximum absolute atomic E-state index is 4.22. The Morgan fingerprint density at radius 3 is 1.57 bits per heavy atom. The zero-order valence-electron chi connectivity index (χ0n) is 24.3. The second kappa shape index (κ2) is 10.4. The van der Waals surface area contributed by atoms with Gasteiger partial charge in [-0.15, -0.1) is 0 Å². The van der Waals surface area contributed by atoms with E-state index in [0.717, 1.165) is 22.4 Å². The third-order valence-electron chi connectivity index (χ3n) is 8.64. The number of allylic oxidation sites excluding steroid dienone is 4. The van der Waals surface area contributed by atoms with E-state index < -0.39 is 0 Å². The van der Waals surface area contributed by atoms with Crippen LogP contribution in [-0.2, 0) is 0 Å². The van der Waals surface area contributed by atoms with Crippen molar-refractivity contribution in [2.24, 2.45) is 0 Å². The maximum atomic E-state index is 4.22. The van der Waals surface area contributed by atoms with Crippen LogP contribution in [0.3, 0.4) is 0 Å². The number of para-hydroxylation sites is 1. The van der Waals surface area contributed by atoms with Gasteiger partial charge < -0.3 is 9.13 Å². The van der Waals surface area contributed by atoms with Gasteiger partial charge in [0.2, 0.25) is 0 Å². The molecule has 44 heavy (non-hydrogen) atoms. The molecule has 0 fully saturated rings. The highest BCUT2D eigenvalue weighted by Crippen LogP contribution is 2.43. The quantitative estimate of drug-likeness (QED) is 0.178. The van der Waals surface area contributed by atoms with E-state index >= 15 is 0 Å². The molecule has 0 unspecified atom stereocenters. The normalized spacial score (nSPS) is 12.0. The molecule has 8 rings (SSSR count). The van der Waals surface area contributed by atoms with Gasteiger partial charge >= 0.3 is 0 Å². The first-order valence-electron chi connectivity index (χ1n) is 14.9. The zero-order chi connectivity index (χ0) is 29.6. The largest absolute Gasteiger partial charge is 0.307 e. The van der Waals surface area contributed by atoms with Gasteiger partial charge in [0.15, 0.2) is 0 Å². The predicted molar refractivity (Wildman–Crippen MR) is 189 cm³/mol. The first-order valence-corrected chi connectivity index (χ1v) is 14.9. The smallest absolute Gasteiger partial charge is 0.0788 e. The van der Waals surface area contributed by atoms with Crippen LogP contribution >= 0.6 is 0 Å². The molecule has 8 aromatic rings. The summed E-state index contributed by atoms with van der Waals surface area (Å²) in [5, 5.41) is 4.84. The highest BCUT2D eigenvalue weighted by atomic mass is 15.0. The minimum Gasteiger partial charge on any atom is -0.307 e. The molecule has 2 heterocycles. The molecule has 2 heteroatoms. The summed E-state index contributed by atoms with van der Waals surface area (Å²) in [5.74, 6) is 0. The van der Waals surface area contributed by atoms with Crippen LogP contribution in [0.1, 0.15) is 0 Å². The summed E-state index contributed by atoms with van der Waals surface area (Å²) >= 11 is 0. The number of hydrogen-bond acceptors (Lipinski definition) is 0. The fraction of sp³-hybridized carbons (Fsp3) is 0. The number of fused-ring (bicyclic) bond motifs is 7. The lowest BCUT2D eigenvalue weighted by Gasteiger charge is -2.13. The molecule has 0 aliphatic heterocycles. The van der Waals surface area contributed by atoms with Gasteiger partial charge in [0.1, 0.15) is 0 Å². The Balaban J connectivity index is 1.57. The second-order valence-electron chi connectivity index (χ2n) is 11.1. The molecule has 208 valence electrons. The molecular weight excluding hydrogens is 532 g/mol. The molecule has 0 saturated carbocycles. The number of nitrogens with zero attached hydrogens (tertiary/aromatic N) is 2. The Labute approximate surface area is 256 Å². The van der Waals surface area contributed by atoms with Crippen molar-refractivity contribution in [2.75, 3.05) is 0 Å². The van der Waals surface area contributed by atoms with Crippen molar-refractivity contribution in [1.29, 1.82) is 0 Å². The first kappa shape index (κ1) is 25.8. The molecule has 0 spiro atoms. The molecule has 0 amide bonds. The molecule has 0 bridgehead atoms. The van der Waals surface area contributed by atoms with E-state index in [2.05, 4.69) is 162 Å².